The second kappa shape index (κ2) is 4.62. The summed E-state index contributed by atoms with van der Waals surface area (Å²) in [5.41, 5.74) is 3.81. The highest BCUT2D eigenvalue weighted by Gasteiger charge is 2.11. The molecule has 1 aromatic carbocycles. The maximum absolute atomic E-state index is 6.36. The van der Waals surface area contributed by atoms with E-state index in [0.717, 1.165) is 32.2 Å². The molecule has 3 rings (SSSR count). The van der Waals surface area contributed by atoms with Crippen molar-refractivity contribution in [2.24, 2.45) is 7.05 Å². The van der Waals surface area contributed by atoms with E-state index in [-0.39, 0.29) is 0 Å². The molecule has 2 aromatic heterocycles. The van der Waals surface area contributed by atoms with Gasteiger partial charge in [0.1, 0.15) is 0 Å². The quantitative estimate of drug-likeness (QED) is 0.661. The number of hydrogen-bond donors (Lipinski definition) is 0. The van der Waals surface area contributed by atoms with Crippen molar-refractivity contribution < 1.29 is 0 Å². The molecule has 3 aromatic rings. The highest BCUT2D eigenvalue weighted by molar-refractivity contribution is 9.10. The molecule has 0 unspecified atom stereocenters. The Bertz CT molecular complexity index is 780. The standard InChI is InChI=1S/C14H11BrClN3/c1-8-3-4-10-11(16)5-12(18-14(10)13(8)15)9-6-17-19(2)7-9/h3-7H,1-2H3. The normalized spacial score (nSPS) is 11.2. The van der Waals surface area contributed by atoms with Crippen molar-refractivity contribution in [3.8, 4) is 11.3 Å². The van der Waals surface area contributed by atoms with Crippen LogP contribution in [-0.2, 0) is 7.05 Å². The van der Waals surface area contributed by atoms with Gasteiger partial charge in [-0.1, -0.05) is 23.7 Å². The zero-order chi connectivity index (χ0) is 13.6. The first-order valence-electron chi connectivity index (χ1n) is 5.80. The van der Waals surface area contributed by atoms with Crippen LogP contribution in [0.5, 0.6) is 0 Å². The van der Waals surface area contributed by atoms with Gasteiger partial charge in [0.05, 0.1) is 22.4 Å². The molecule has 0 fully saturated rings. The van der Waals surface area contributed by atoms with Gasteiger partial charge in [-0.15, -0.1) is 0 Å². The summed E-state index contributed by atoms with van der Waals surface area (Å²) in [4.78, 5) is 4.70. The molecule has 0 atom stereocenters. The minimum atomic E-state index is 0.699. The molecule has 0 bridgehead atoms. The molecule has 0 saturated carbocycles. The summed E-state index contributed by atoms with van der Waals surface area (Å²) in [7, 11) is 1.88. The Kier molecular flexibility index (Phi) is 3.07. The molecule has 96 valence electrons. The van der Waals surface area contributed by atoms with Gasteiger partial charge in [-0.25, -0.2) is 4.98 Å². The van der Waals surface area contributed by atoms with Gasteiger partial charge in [0, 0.05) is 28.7 Å². The average Bonchev–Trinajstić information content (AvgIpc) is 2.81. The molecule has 5 heteroatoms. The van der Waals surface area contributed by atoms with E-state index in [1.807, 2.05) is 38.4 Å². The van der Waals surface area contributed by atoms with Gasteiger partial charge in [-0.2, -0.15) is 5.10 Å². The number of aromatic nitrogens is 3. The van der Waals surface area contributed by atoms with Crippen LogP contribution in [0.1, 0.15) is 5.56 Å². The van der Waals surface area contributed by atoms with E-state index in [4.69, 9.17) is 16.6 Å². The highest BCUT2D eigenvalue weighted by Crippen LogP contribution is 2.33. The van der Waals surface area contributed by atoms with Crippen LogP contribution in [-0.4, -0.2) is 14.8 Å². The number of nitrogens with zero attached hydrogens (tertiary/aromatic N) is 3. The lowest BCUT2D eigenvalue weighted by molar-refractivity contribution is 0.768. The monoisotopic (exact) mass is 335 g/mol. The predicted molar refractivity (Wildman–Crippen MR) is 81.4 cm³/mol. The first kappa shape index (κ1) is 12.6. The van der Waals surface area contributed by atoms with Crippen molar-refractivity contribution in [3.05, 3.63) is 45.7 Å². The number of halogens is 2. The van der Waals surface area contributed by atoms with E-state index in [1.165, 1.54) is 0 Å². The lowest BCUT2D eigenvalue weighted by atomic mass is 10.1. The van der Waals surface area contributed by atoms with Crippen LogP contribution in [0.2, 0.25) is 5.02 Å². The summed E-state index contributed by atoms with van der Waals surface area (Å²) in [5.74, 6) is 0. The van der Waals surface area contributed by atoms with Gasteiger partial charge >= 0.3 is 0 Å². The van der Waals surface area contributed by atoms with Gasteiger partial charge < -0.3 is 0 Å². The van der Waals surface area contributed by atoms with E-state index < -0.39 is 0 Å². The van der Waals surface area contributed by atoms with Crippen molar-refractivity contribution in [3.63, 3.8) is 0 Å². The third-order valence-electron chi connectivity index (χ3n) is 3.06. The fourth-order valence-corrected chi connectivity index (χ4v) is 2.71. The van der Waals surface area contributed by atoms with Crippen LogP contribution in [0, 0.1) is 6.92 Å². The molecule has 19 heavy (non-hydrogen) atoms. The largest absolute Gasteiger partial charge is 0.275 e. The predicted octanol–water partition coefficient (Wildman–Crippen LogP) is 4.36. The summed E-state index contributed by atoms with van der Waals surface area (Å²) in [5, 5.41) is 5.81. The summed E-state index contributed by atoms with van der Waals surface area (Å²) >= 11 is 9.94. The molecule has 3 nitrogen and oxygen atoms in total. The van der Waals surface area contributed by atoms with Crippen molar-refractivity contribution in [1.82, 2.24) is 14.8 Å². The van der Waals surface area contributed by atoms with E-state index in [9.17, 15) is 0 Å². The molecule has 0 amide bonds. The van der Waals surface area contributed by atoms with E-state index in [2.05, 4.69) is 21.0 Å². The number of aryl methyl sites for hydroxylation is 2. The smallest absolute Gasteiger partial charge is 0.0869 e. The van der Waals surface area contributed by atoms with Crippen LogP contribution in [0.4, 0.5) is 0 Å². The molecular formula is C14H11BrClN3. The van der Waals surface area contributed by atoms with Crippen LogP contribution in [0.3, 0.4) is 0 Å². The fourth-order valence-electron chi connectivity index (χ4n) is 2.02. The van der Waals surface area contributed by atoms with Crippen molar-refractivity contribution in [2.75, 3.05) is 0 Å². The van der Waals surface area contributed by atoms with Crippen molar-refractivity contribution in [1.29, 1.82) is 0 Å². The van der Waals surface area contributed by atoms with Gasteiger partial charge in [0.2, 0.25) is 0 Å². The Morgan fingerprint density at radius 1 is 1.32 bits per heavy atom. The van der Waals surface area contributed by atoms with Crippen LogP contribution in [0.25, 0.3) is 22.2 Å². The minimum Gasteiger partial charge on any atom is -0.275 e. The fraction of sp³-hybridized carbons (Fsp3) is 0.143. The Hall–Kier alpha value is -1.39. The minimum absolute atomic E-state index is 0.699. The van der Waals surface area contributed by atoms with Crippen molar-refractivity contribution in [2.45, 2.75) is 6.92 Å². The summed E-state index contributed by atoms with van der Waals surface area (Å²) in [6.07, 6.45) is 3.71. The second-order valence-electron chi connectivity index (χ2n) is 4.48. The van der Waals surface area contributed by atoms with E-state index in [1.54, 1.807) is 10.9 Å². The Morgan fingerprint density at radius 3 is 2.79 bits per heavy atom. The average molecular weight is 337 g/mol. The van der Waals surface area contributed by atoms with E-state index >= 15 is 0 Å². The molecule has 0 aliphatic heterocycles. The molecule has 0 radical (unpaired) electrons. The summed E-state index contributed by atoms with van der Waals surface area (Å²) in [6, 6.07) is 5.91. The van der Waals surface area contributed by atoms with Crippen LogP contribution in [0.15, 0.2) is 35.1 Å². The zero-order valence-corrected chi connectivity index (χ0v) is 12.8. The SMILES string of the molecule is Cc1ccc2c(Cl)cc(-c3cnn(C)c3)nc2c1Br. The number of fused-ring (bicyclic) bond motifs is 1. The lowest BCUT2D eigenvalue weighted by Gasteiger charge is -2.07. The third kappa shape index (κ3) is 2.15. The number of rotatable bonds is 1. The van der Waals surface area contributed by atoms with Crippen LogP contribution < -0.4 is 0 Å². The second-order valence-corrected chi connectivity index (χ2v) is 5.68. The van der Waals surface area contributed by atoms with E-state index in [0.29, 0.717) is 5.02 Å². The molecule has 0 saturated heterocycles. The maximum atomic E-state index is 6.36. The third-order valence-corrected chi connectivity index (χ3v) is 4.38. The lowest BCUT2D eigenvalue weighted by Crippen LogP contribution is -1.89. The first-order chi connectivity index (χ1) is 9.06. The summed E-state index contributed by atoms with van der Waals surface area (Å²) in [6.45, 7) is 2.04. The van der Waals surface area contributed by atoms with Crippen molar-refractivity contribution >= 4 is 38.4 Å². The van der Waals surface area contributed by atoms with Gasteiger partial charge in [-0.3, -0.25) is 4.68 Å². The maximum Gasteiger partial charge on any atom is 0.0869 e. The number of hydrogen-bond acceptors (Lipinski definition) is 2. The molecular weight excluding hydrogens is 326 g/mol. The summed E-state index contributed by atoms with van der Waals surface area (Å²) < 4.78 is 2.73. The Morgan fingerprint density at radius 2 is 2.11 bits per heavy atom. The Labute approximate surface area is 124 Å². The highest BCUT2D eigenvalue weighted by atomic mass is 79.9. The molecule has 0 aliphatic rings. The molecule has 0 aliphatic carbocycles. The molecule has 0 N–H and O–H groups in total. The molecule has 0 spiro atoms. The zero-order valence-electron chi connectivity index (χ0n) is 10.5. The molecule has 2 heterocycles. The van der Waals surface area contributed by atoms with Crippen LogP contribution >= 0.6 is 27.5 Å². The first-order valence-corrected chi connectivity index (χ1v) is 6.98. The number of pyridine rings is 1. The number of benzene rings is 1. The Balaban J connectivity index is 2.31. The topological polar surface area (TPSA) is 30.7 Å². The van der Waals surface area contributed by atoms with Gasteiger partial charge in [0.15, 0.2) is 0 Å². The van der Waals surface area contributed by atoms with Gasteiger partial charge in [-0.05, 0) is 34.5 Å². The van der Waals surface area contributed by atoms with Gasteiger partial charge in [0.25, 0.3) is 0 Å².